The molecule has 6 heteroatoms. The van der Waals surface area contributed by atoms with E-state index in [0.717, 1.165) is 22.7 Å². The van der Waals surface area contributed by atoms with Gasteiger partial charge in [-0.2, -0.15) is 0 Å². The van der Waals surface area contributed by atoms with Crippen LogP contribution in [0.25, 0.3) is 22.7 Å². The number of rotatable bonds is 1. The summed E-state index contributed by atoms with van der Waals surface area (Å²) in [6.45, 7) is 0. The van der Waals surface area contributed by atoms with Crippen molar-refractivity contribution in [3.05, 3.63) is 35.4 Å². The third-order valence-electron chi connectivity index (χ3n) is 2.84. The fourth-order valence-corrected chi connectivity index (χ4v) is 2.05. The standard InChI is InChI=1S/C12H11N5S/c1-16-7-14-11-9(12(16)18)15-10(17(11)2)8-5-3-4-6-13-8/h3-7H,1-2H3. The Morgan fingerprint density at radius 1 is 1.17 bits per heavy atom. The summed E-state index contributed by atoms with van der Waals surface area (Å²) in [4.78, 5) is 13.2. The average Bonchev–Trinajstić information content (AvgIpc) is 2.73. The van der Waals surface area contributed by atoms with Crippen molar-refractivity contribution in [2.75, 3.05) is 0 Å². The molecule has 0 radical (unpaired) electrons. The molecule has 0 saturated heterocycles. The molecule has 0 saturated carbocycles. The molecular formula is C12H11N5S. The molecule has 3 aromatic heterocycles. The molecule has 3 heterocycles. The lowest BCUT2D eigenvalue weighted by molar-refractivity contribution is 0.853. The summed E-state index contributed by atoms with van der Waals surface area (Å²) in [6.07, 6.45) is 3.45. The Bertz CT molecular complexity index is 772. The molecule has 0 aliphatic rings. The second-order valence-corrected chi connectivity index (χ2v) is 4.43. The fraction of sp³-hybridized carbons (Fsp3) is 0.167. The van der Waals surface area contributed by atoms with Crippen LogP contribution in [0, 0.1) is 4.64 Å². The molecule has 90 valence electrons. The fourth-order valence-electron chi connectivity index (χ4n) is 1.87. The first-order valence-electron chi connectivity index (χ1n) is 5.48. The minimum atomic E-state index is 0.679. The topological polar surface area (TPSA) is 48.5 Å². The summed E-state index contributed by atoms with van der Waals surface area (Å²) >= 11 is 5.34. The minimum absolute atomic E-state index is 0.679. The molecule has 3 rings (SSSR count). The zero-order valence-corrected chi connectivity index (χ0v) is 10.8. The van der Waals surface area contributed by atoms with Gasteiger partial charge in [0.05, 0.1) is 6.33 Å². The molecule has 0 fully saturated rings. The Morgan fingerprint density at radius 2 is 2.00 bits per heavy atom. The van der Waals surface area contributed by atoms with E-state index in [1.54, 1.807) is 17.1 Å². The van der Waals surface area contributed by atoms with Gasteiger partial charge in [0, 0.05) is 20.3 Å². The van der Waals surface area contributed by atoms with Crippen molar-refractivity contribution in [1.29, 1.82) is 0 Å². The van der Waals surface area contributed by atoms with Crippen LogP contribution in [0.5, 0.6) is 0 Å². The minimum Gasteiger partial charge on any atom is -0.325 e. The zero-order valence-electron chi connectivity index (χ0n) is 10.0. The third kappa shape index (κ3) is 1.53. The molecule has 3 aromatic rings. The first kappa shape index (κ1) is 11.0. The van der Waals surface area contributed by atoms with Crippen LogP contribution in [0.2, 0.25) is 0 Å². The third-order valence-corrected chi connectivity index (χ3v) is 3.32. The van der Waals surface area contributed by atoms with Gasteiger partial charge in [-0.15, -0.1) is 0 Å². The Hall–Kier alpha value is -2.08. The van der Waals surface area contributed by atoms with Crippen LogP contribution < -0.4 is 0 Å². The van der Waals surface area contributed by atoms with Gasteiger partial charge < -0.3 is 9.13 Å². The predicted molar refractivity (Wildman–Crippen MR) is 71.5 cm³/mol. The summed E-state index contributed by atoms with van der Waals surface area (Å²) in [7, 11) is 3.78. The Labute approximate surface area is 109 Å². The molecule has 0 spiro atoms. The molecule has 0 N–H and O–H groups in total. The number of aromatic nitrogens is 5. The van der Waals surface area contributed by atoms with Crippen molar-refractivity contribution >= 4 is 23.4 Å². The lowest BCUT2D eigenvalue weighted by atomic mass is 10.3. The lowest BCUT2D eigenvalue weighted by Crippen LogP contribution is -1.97. The SMILES string of the molecule is Cn1cnc2c(nc(-c3ccccn3)n2C)c1=S. The van der Waals surface area contributed by atoms with E-state index < -0.39 is 0 Å². The molecule has 0 amide bonds. The quantitative estimate of drug-likeness (QED) is 0.626. The van der Waals surface area contributed by atoms with E-state index in [-0.39, 0.29) is 0 Å². The smallest absolute Gasteiger partial charge is 0.164 e. The van der Waals surface area contributed by atoms with Crippen LogP contribution in [0.15, 0.2) is 30.7 Å². The number of nitrogens with zero attached hydrogens (tertiary/aromatic N) is 5. The molecule has 18 heavy (non-hydrogen) atoms. The van der Waals surface area contributed by atoms with Crippen molar-refractivity contribution in [3.63, 3.8) is 0 Å². The van der Waals surface area contributed by atoms with Gasteiger partial charge in [-0.3, -0.25) is 4.98 Å². The Balaban J connectivity index is 2.37. The van der Waals surface area contributed by atoms with Crippen LogP contribution in [-0.2, 0) is 14.1 Å². The van der Waals surface area contributed by atoms with Crippen molar-refractivity contribution in [3.8, 4) is 11.5 Å². The van der Waals surface area contributed by atoms with Gasteiger partial charge in [0.2, 0.25) is 0 Å². The normalized spacial score (nSPS) is 11.0. The predicted octanol–water partition coefficient (Wildman–Crippen LogP) is 2.10. The van der Waals surface area contributed by atoms with Gasteiger partial charge >= 0.3 is 0 Å². The van der Waals surface area contributed by atoms with E-state index in [1.165, 1.54) is 0 Å². The highest BCUT2D eigenvalue weighted by Gasteiger charge is 2.13. The molecule has 0 aliphatic heterocycles. The average molecular weight is 257 g/mol. The van der Waals surface area contributed by atoms with Gasteiger partial charge in [-0.05, 0) is 12.1 Å². The Kier molecular flexibility index (Phi) is 2.45. The second kappa shape index (κ2) is 3.99. The van der Waals surface area contributed by atoms with Gasteiger partial charge in [-0.25, -0.2) is 9.97 Å². The maximum atomic E-state index is 5.34. The zero-order chi connectivity index (χ0) is 12.7. The lowest BCUT2D eigenvalue weighted by Gasteiger charge is -2.00. The van der Waals surface area contributed by atoms with Crippen LogP contribution in [0.4, 0.5) is 0 Å². The number of pyridine rings is 1. The molecule has 0 unspecified atom stereocenters. The van der Waals surface area contributed by atoms with Crippen LogP contribution in [0.1, 0.15) is 0 Å². The van der Waals surface area contributed by atoms with Crippen LogP contribution in [-0.4, -0.2) is 24.1 Å². The second-order valence-electron chi connectivity index (χ2n) is 4.04. The van der Waals surface area contributed by atoms with Crippen molar-refractivity contribution in [2.24, 2.45) is 14.1 Å². The number of fused-ring (bicyclic) bond motifs is 1. The van der Waals surface area contributed by atoms with Crippen molar-refractivity contribution in [2.45, 2.75) is 0 Å². The highest BCUT2D eigenvalue weighted by Crippen LogP contribution is 2.20. The summed E-state index contributed by atoms with van der Waals surface area (Å²) in [5, 5.41) is 0. The molecule has 0 bridgehead atoms. The monoisotopic (exact) mass is 257 g/mol. The van der Waals surface area contributed by atoms with Crippen molar-refractivity contribution < 1.29 is 0 Å². The van der Waals surface area contributed by atoms with E-state index in [9.17, 15) is 0 Å². The maximum absolute atomic E-state index is 5.34. The Morgan fingerprint density at radius 3 is 2.72 bits per heavy atom. The number of hydrogen-bond acceptors (Lipinski definition) is 4. The van der Waals surface area contributed by atoms with E-state index in [4.69, 9.17) is 12.2 Å². The molecule has 0 aliphatic carbocycles. The summed E-state index contributed by atoms with van der Waals surface area (Å²) in [6, 6.07) is 5.73. The molecular weight excluding hydrogens is 246 g/mol. The highest BCUT2D eigenvalue weighted by molar-refractivity contribution is 7.71. The molecule has 0 atom stereocenters. The van der Waals surface area contributed by atoms with Gasteiger partial charge in [0.15, 0.2) is 11.5 Å². The number of hydrogen-bond donors (Lipinski definition) is 0. The maximum Gasteiger partial charge on any atom is 0.164 e. The van der Waals surface area contributed by atoms with E-state index in [0.29, 0.717) is 4.64 Å². The number of aryl methyl sites for hydroxylation is 2. The van der Waals surface area contributed by atoms with Crippen molar-refractivity contribution in [1.82, 2.24) is 24.1 Å². The van der Waals surface area contributed by atoms with E-state index in [1.807, 2.05) is 36.9 Å². The van der Waals surface area contributed by atoms with Gasteiger partial charge in [0.25, 0.3) is 0 Å². The van der Waals surface area contributed by atoms with Crippen LogP contribution >= 0.6 is 12.2 Å². The first-order valence-corrected chi connectivity index (χ1v) is 5.89. The summed E-state index contributed by atoms with van der Waals surface area (Å²) in [5.41, 5.74) is 2.33. The molecule has 0 aromatic carbocycles. The molecule has 5 nitrogen and oxygen atoms in total. The largest absolute Gasteiger partial charge is 0.325 e. The summed E-state index contributed by atoms with van der Waals surface area (Å²) in [5.74, 6) is 0.774. The van der Waals surface area contributed by atoms with E-state index in [2.05, 4.69) is 15.0 Å². The first-order chi connectivity index (χ1) is 8.68. The van der Waals surface area contributed by atoms with Crippen LogP contribution in [0.3, 0.4) is 0 Å². The highest BCUT2D eigenvalue weighted by atomic mass is 32.1. The van der Waals surface area contributed by atoms with Gasteiger partial charge in [-0.1, -0.05) is 18.3 Å². The van der Waals surface area contributed by atoms with E-state index >= 15 is 0 Å². The van der Waals surface area contributed by atoms with Gasteiger partial charge in [0.1, 0.15) is 15.9 Å². The summed E-state index contributed by atoms with van der Waals surface area (Å²) < 4.78 is 4.37. The number of imidazole rings is 1.